The Hall–Kier alpha value is -0.0200. The van der Waals surface area contributed by atoms with Crippen LogP contribution in [0.25, 0.3) is 0 Å². The summed E-state index contributed by atoms with van der Waals surface area (Å²) in [5, 5.41) is 2.21. The van der Waals surface area contributed by atoms with Gasteiger partial charge in [-0.2, -0.15) is 0 Å². The molecule has 0 fully saturated rings. The van der Waals surface area contributed by atoms with E-state index in [2.05, 4.69) is 10.2 Å². The van der Waals surface area contributed by atoms with E-state index in [4.69, 9.17) is 23.2 Å². The molecule has 0 heterocycles. The molecule has 0 saturated heterocycles. The number of hydrogen-bond donors (Lipinski definition) is 0. The second-order valence-electron chi connectivity index (χ2n) is 2.31. The van der Waals surface area contributed by atoms with Crippen molar-refractivity contribution in [2.75, 3.05) is 6.61 Å². The van der Waals surface area contributed by atoms with E-state index in [1.54, 1.807) is 0 Å². The zero-order valence-corrected chi connectivity index (χ0v) is 7.86. The summed E-state index contributed by atoms with van der Waals surface area (Å²) in [5.74, 6) is 0. The Bertz CT molecular complexity index is 119. The van der Waals surface area contributed by atoms with Crippen LogP contribution < -0.4 is 0 Å². The standard InChI is InChI=1S/C6H11Cl2NO2/c1-2-3-4-6(7,8)5-11-9-10/h2-5H2,1H3. The summed E-state index contributed by atoms with van der Waals surface area (Å²) in [6, 6.07) is 0. The lowest BCUT2D eigenvalue weighted by molar-refractivity contribution is 0.129. The largest absolute Gasteiger partial charge is 0.361 e. The molecule has 0 bridgehead atoms. The SMILES string of the molecule is CCCCC(Cl)(Cl)CON=O. The number of hydrogen-bond acceptors (Lipinski definition) is 3. The molecule has 0 amide bonds. The third-order valence-electron chi connectivity index (χ3n) is 1.22. The summed E-state index contributed by atoms with van der Waals surface area (Å²) < 4.78 is -0.968. The maximum atomic E-state index is 9.54. The highest BCUT2D eigenvalue weighted by Crippen LogP contribution is 2.27. The van der Waals surface area contributed by atoms with Crippen molar-refractivity contribution in [1.82, 2.24) is 0 Å². The molecule has 0 rings (SSSR count). The molecular weight excluding hydrogens is 189 g/mol. The van der Waals surface area contributed by atoms with E-state index in [0.717, 1.165) is 12.8 Å². The van der Waals surface area contributed by atoms with Crippen LogP contribution in [-0.4, -0.2) is 10.9 Å². The fourth-order valence-corrected chi connectivity index (χ4v) is 0.993. The molecule has 5 heteroatoms. The third-order valence-corrected chi connectivity index (χ3v) is 1.82. The quantitative estimate of drug-likeness (QED) is 0.375. The van der Waals surface area contributed by atoms with Gasteiger partial charge in [0.15, 0.2) is 16.3 Å². The Labute approximate surface area is 75.9 Å². The molecule has 0 aliphatic rings. The van der Waals surface area contributed by atoms with Crippen molar-refractivity contribution in [1.29, 1.82) is 0 Å². The molecule has 66 valence electrons. The Kier molecular flexibility index (Phi) is 5.60. The second kappa shape index (κ2) is 5.61. The summed E-state index contributed by atoms with van der Waals surface area (Å²) >= 11 is 11.5. The minimum Gasteiger partial charge on any atom is -0.361 e. The molecule has 0 aromatic rings. The van der Waals surface area contributed by atoms with Gasteiger partial charge >= 0.3 is 0 Å². The second-order valence-corrected chi connectivity index (χ2v) is 3.95. The predicted octanol–water partition coefficient (Wildman–Crippen LogP) is 3.05. The zero-order valence-electron chi connectivity index (χ0n) is 6.35. The lowest BCUT2D eigenvalue weighted by Gasteiger charge is -2.15. The lowest BCUT2D eigenvalue weighted by Crippen LogP contribution is -2.19. The van der Waals surface area contributed by atoms with Crippen molar-refractivity contribution >= 4 is 23.2 Å². The number of unbranched alkanes of at least 4 members (excludes halogenated alkanes) is 1. The molecule has 11 heavy (non-hydrogen) atoms. The van der Waals surface area contributed by atoms with Crippen LogP contribution in [0, 0.1) is 4.91 Å². The fourth-order valence-electron chi connectivity index (χ4n) is 0.628. The Morgan fingerprint density at radius 3 is 2.64 bits per heavy atom. The third kappa shape index (κ3) is 6.38. The molecule has 3 nitrogen and oxygen atoms in total. The van der Waals surface area contributed by atoms with Gasteiger partial charge in [-0.3, -0.25) is 0 Å². The maximum Gasteiger partial charge on any atom is 0.155 e. The molecule has 0 aliphatic carbocycles. The Morgan fingerprint density at radius 2 is 2.18 bits per heavy atom. The van der Waals surface area contributed by atoms with Gasteiger partial charge in [0.2, 0.25) is 0 Å². The molecule has 0 aromatic carbocycles. The molecule has 0 atom stereocenters. The van der Waals surface area contributed by atoms with Crippen molar-refractivity contribution in [3.05, 3.63) is 4.91 Å². The van der Waals surface area contributed by atoms with E-state index in [9.17, 15) is 4.91 Å². The van der Waals surface area contributed by atoms with Crippen molar-refractivity contribution in [3.63, 3.8) is 0 Å². The van der Waals surface area contributed by atoms with Crippen LogP contribution in [0.4, 0.5) is 0 Å². The number of nitrogens with zero attached hydrogens (tertiary/aromatic N) is 1. The summed E-state index contributed by atoms with van der Waals surface area (Å²) in [5.41, 5.74) is 0. The highest BCUT2D eigenvalue weighted by Gasteiger charge is 2.24. The fraction of sp³-hybridized carbons (Fsp3) is 1.00. The van der Waals surface area contributed by atoms with Crippen LogP contribution in [0.3, 0.4) is 0 Å². The summed E-state index contributed by atoms with van der Waals surface area (Å²) in [6.45, 7) is 1.99. The molecular formula is C6H11Cl2NO2. The maximum absolute atomic E-state index is 9.54. The van der Waals surface area contributed by atoms with Gasteiger partial charge in [-0.05, 0) is 6.42 Å². The van der Waals surface area contributed by atoms with Gasteiger partial charge in [-0.15, -0.1) is 4.91 Å². The van der Waals surface area contributed by atoms with E-state index in [0.29, 0.717) is 6.42 Å². The van der Waals surface area contributed by atoms with Crippen molar-refractivity contribution < 1.29 is 4.84 Å². The normalized spacial score (nSPS) is 11.2. The van der Waals surface area contributed by atoms with E-state index >= 15 is 0 Å². The van der Waals surface area contributed by atoms with Gasteiger partial charge in [0, 0.05) is 0 Å². The minimum atomic E-state index is -0.968. The summed E-state index contributed by atoms with van der Waals surface area (Å²) in [6.07, 6.45) is 2.53. The van der Waals surface area contributed by atoms with Gasteiger partial charge < -0.3 is 4.84 Å². The first-order chi connectivity index (χ1) is 5.12. The van der Waals surface area contributed by atoms with Crippen LogP contribution in [0.2, 0.25) is 0 Å². The van der Waals surface area contributed by atoms with Crippen LogP contribution in [0.5, 0.6) is 0 Å². The Morgan fingerprint density at radius 1 is 1.55 bits per heavy atom. The molecule has 0 radical (unpaired) electrons. The highest BCUT2D eigenvalue weighted by molar-refractivity contribution is 6.48. The smallest absolute Gasteiger partial charge is 0.155 e. The summed E-state index contributed by atoms with van der Waals surface area (Å²) in [4.78, 5) is 13.7. The van der Waals surface area contributed by atoms with Crippen LogP contribution in [0.1, 0.15) is 26.2 Å². The minimum absolute atomic E-state index is 0.0421. The van der Waals surface area contributed by atoms with Crippen molar-refractivity contribution in [2.45, 2.75) is 30.5 Å². The lowest BCUT2D eigenvalue weighted by atomic mass is 10.2. The van der Waals surface area contributed by atoms with Crippen molar-refractivity contribution in [2.24, 2.45) is 5.34 Å². The predicted molar refractivity (Wildman–Crippen MR) is 45.7 cm³/mol. The van der Waals surface area contributed by atoms with E-state index in [-0.39, 0.29) is 6.61 Å². The molecule has 0 aromatic heterocycles. The van der Waals surface area contributed by atoms with Crippen LogP contribution in [0.15, 0.2) is 5.34 Å². The Balaban J connectivity index is 3.51. The molecule has 0 spiro atoms. The van der Waals surface area contributed by atoms with Gasteiger partial charge in [0.25, 0.3) is 0 Å². The van der Waals surface area contributed by atoms with E-state index in [1.165, 1.54) is 0 Å². The summed E-state index contributed by atoms with van der Waals surface area (Å²) in [7, 11) is 0. The van der Waals surface area contributed by atoms with Crippen LogP contribution in [-0.2, 0) is 4.84 Å². The highest BCUT2D eigenvalue weighted by atomic mass is 35.5. The first-order valence-electron chi connectivity index (χ1n) is 3.45. The molecule has 0 saturated carbocycles. The topological polar surface area (TPSA) is 38.7 Å². The van der Waals surface area contributed by atoms with Crippen LogP contribution >= 0.6 is 23.2 Å². The monoisotopic (exact) mass is 199 g/mol. The van der Waals surface area contributed by atoms with Gasteiger partial charge in [0.05, 0.1) is 0 Å². The number of halogens is 2. The van der Waals surface area contributed by atoms with Gasteiger partial charge in [-0.25, -0.2) is 0 Å². The number of alkyl halides is 2. The van der Waals surface area contributed by atoms with E-state index in [1.807, 2.05) is 6.92 Å². The molecule has 0 aliphatic heterocycles. The average molecular weight is 200 g/mol. The molecule has 0 N–H and O–H groups in total. The van der Waals surface area contributed by atoms with E-state index < -0.39 is 4.33 Å². The molecule has 0 unspecified atom stereocenters. The average Bonchev–Trinajstić information content (AvgIpc) is 1.97. The van der Waals surface area contributed by atoms with Gasteiger partial charge in [0.1, 0.15) is 0 Å². The van der Waals surface area contributed by atoms with Gasteiger partial charge in [-0.1, -0.05) is 43.0 Å². The zero-order chi connectivity index (χ0) is 8.74. The number of rotatable bonds is 6. The van der Waals surface area contributed by atoms with Crippen molar-refractivity contribution in [3.8, 4) is 0 Å². The first kappa shape index (κ1) is 11.0. The first-order valence-corrected chi connectivity index (χ1v) is 4.20.